The summed E-state index contributed by atoms with van der Waals surface area (Å²) in [4.78, 5) is 0.202. The van der Waals surface area contributed by atoms with Crippen LogP contribution in [0.2, 0.25) is 0 Å². The third-order valence-electron chi connectivity index (χ3n) is 2.26. The van der Waals surface area contributed by atoms with Crippen LogP contribution >= 0.6 is 0 Å². The van der Waals surface area contributed by atoms with E-state index < -0.39 is 10.0 Å². The topological polar surface area (TPSA) is 64.6 Å². The first kappa shape index (κ1) is 15.7. The highest BCUT2D eigenvalue weighted by molar-refractivity contribution is 7.89. The van der Waals surface area contributed by atoms with E-state index in [1.807, 2.05) is 6.92 Å². The lowest BCUT2D eigenvalue weighted by molar-refractivity contribution is 0.162. The fourth-order valence-corrected chi connectivity index (χ4v) is 2.35. The van der Waals surface area contributed by atoms with Crippen molar-refractivity contribution < 1.29 is 17.9 Å². The summed E-state index contributed by atoms with van der Waals surface area (Å²) in [6.07, 6.45) is 0. The van der Waals surface area contributed by atoms with Crippen LogP contribution in [0.25, 0.3) is 0 Å². The van der Waals surface area contributed by atoms with Gasteiger partial charge < -0.3 is 9.47 Å². The Bertz CT molecular complexity index is 508. The van der Waals surface area contributed by atoms with Gasteiger partial charge in [0.2, 0.25) is 10.0 Å². The molecule has 0 heterocycles. The van der Waals surface area contributed by atoms with Crippen LogP contribution in [0.5, 0.6) is 5.75 Å². The van der Waals surface area contributed by atoms with Crippen molar-refractivity contribution in [3.63, 3.8) is 0 Å². The maximum absolute atomic E-state index is 11.9. The summed E-state index contributed by atoms with van der Waals surface area (Å²) >= 11 is 0. The molecule has 0 aliphatic heterocycles. The van der Waals surface area contributed by atoms with Crippen molar-refractivity contribution in [3.8, 4) is 5.75 Å². The second-order valence-electron chi connectivity index (χ2n) is 4.08. The predicted molar refractivity (Wildman–Crippen MR) is 73.8 cm³/mol. The van der Waals surface area contributed by atoms with E-state index in [4.69, 9.17) is 9.47 Å². The molecule has 0 aliphatic rings. The molecule has 6 heteroatoms. The van der Waals surface area contributed by atoms with Crippen molar-refractivity contribution in [3.05, 3.63) is 36.4 Å². The van der Waals surface area contributed by atoms with Crippen molar-refractivity contribution in [2.45, 2.75) is 11.8 Å². The summed E-state index contributed by atoms with van der Waals surface area (Å²) in [6.45, 7) is 6.51. The summed E-state index contributed by atoms with van der Waals surface area (Å²) < 4.78 is 36.5. The van der Waals surface area contributed by atoms with Gasteiger partial charge in [0.25, 0.3) is 0 Å². The van der Waals surface area contributed by atoms with Gasteiger partial charge in [0.05, 0.1) is 25.2 Å². The summed E-state index contributed by atoms with van der Waals surface area (Å²) in [5.74, 6) is 0.615. The lowest BCUT2D eigenvalue weighted by Gasteiger charge is -2.08. The quantitative estimate of drug-likeness (QED) is 0.581. The number of ether oxygens (including phenoxy) is 2. The van der Waals surface area contributed by atoms with Gasteiger partial charge in [-0.3, -0.25) is 0 Å². The van der Waals surface area contributed by atoms with Gasteiger partial charge in [0.15, 0.2) is 0 Å². The summed E-state index contributed by atoms with van der Waals surface area (Å²) in [5, 5.41) is 0. The molecule has 0 aliphatic carbocycles. The molecule has 0 fully saturated rings. The molecule has 0 radical (unpaired) electrons. The van der Waals surface area contributed by atoms with E-state index in [0.29, 0.717) is 19.0 Å². The molecule has 0 amide bonds. The first-order valence-corrected chi connectivity index (χ1v) is 7.30. The highest BCUT2D eigenvalue weighted by atomic mass is 32.2. The SMILES string of the molecule is C=C(C)COCCNS(=O)(=O)c1ccc(OC)cc1. The Kier molecular flexibility index (Phi) is 6.01. The Morgan fingerprint density at radius 1 is 1.32 bits per heavy atom. The van der Waals surface area contributed by atoms with E-state index in [-0.39, 0.29) is 11.4 Å². The van der Waals surface area contributed by atoms with Crippen LogP contribution in [0, 0.1) is 0 Å². The second-order valence-corrected chi connectivity index (χ2v) is 5.85. The van der Waals surface area contributed by atoms with E-state index in [2.05, 4.69) is 11.3 Å². The van der Waals surface area contributed by atoms with Gasteiger partial charge in [-0.2, -0.15) is 0 Å². The van der Waals surface area contributed by atoms with Crippen LogP contribution < -0.4 is 9.46 Å². The Labute approximate surface area is 114 Å². The molecule has 0 spiro atoms. The van der Waals surface area contributed by atoms with Gasteiger partial charge in [-0.25, -0.2) is 13.1 Å². The summed E-state index contributed by atoms with van der Waals surface area (Å²) in [5.41, 5.74) is 0.901. The Balaban J connectivity index is 2.48. The number of rotatable bonds is 8. The number of hydrogen-bond donors (Lipinski definition) is 1. The summed E-state index contributed by atoms with van der Waals surface area (Å²) in [7, 11) is -1.97. The molecule has 1 rings (SSSR count). The van der Waals surface area contributed by atoms with Gasteiger partial charge in [-0.1, -0.05) is 12.2 Å². The molecule has 0 aromatic heterocycles. The Hall–Kier alpha value is -1.37. The van der Waals surface area contributed by atoms with Crippen LogP contribution in [0.15, 0.2) is 41.3 Å². The normalized spacial score (nSPS) is 11.3. The highest BCUT2D eigenvalue weighted by Gasteiger charge is 2.12. The second kappa shape index (κ2) is 7.28. The Morgan fingerprint density at radius 3 is 2.47 bits per heavy atom. The highest BCUT2D eigenvalue weighted by Crippen LogP contribution is 2.14. The van der Waals surface area contributed by atoms with E-state index in [0.717, 1.165) is 5.57 Å². The van der Waals surface area contributed by atoms with Gasteiger partial charge in [0.1, 0.15) is 5.75 Å². The molecule has 19 heavy (non-hydrogen) atoms. The van der Waals surface area contributed by atoms with Crippen LogP contribution in [-0.4, -0.2) is 35.3 Å². The average molecular weight is 285 g/mol. The minimum atomic E-state index is -3.49. The minimum Gasteiger partial charge on any atom is -0.497 e. The van der Waals surface area contributed by atoms with Crippen LogP contribution in [0.3, 0.4) is 0 Å². The fourth-order valence-electron chi connectivity index (χ4n) is 1.33. The first-order valence-electron chi connectivity index (χ1n) is 5.81. The fraction of sp³-hybridized carbons (Fsp3) is 0.385. The smallest absolute Gasteiger partial charge is 0.240 e. The lowest BCUT2D eigenvalue weighted by Crippen LogP contribution is -2.27. The molecular weight excluding hydrogens is 266 g/mol. The van der Waals surface area contributed by atoms with E-state index >= 15 is 0 Å². The average Bonchev–Trinajstić information content (AvgIpc) is 2.38. The maximum Gasteiger partial charge on any atom is 0.240 e. The predicted octanol–water partition coefficient (Wildman–Crippen LogP) is 1.57. The third kappa shape index (κ3) is 5.42. The van der Waals surface area contributed by atoms with Crippen molar-refractivity contribution in [1.82, 2.24) is 4.72 Å². The van der Waals surface area contributed by atoms with Crippen molar-refractivity contribution in [2.75, 3.05) is 26.9 Å². The van der Waals surface area contributed by atoms with Gasteiger partial charge in [-0.15, -0.1) is 0 Å². The van der Waals surface area contributed by atoms with Crippen molar-refractivity contribution in [2.24, 2.45) is 0 Å². The van der Waals surface area contributed by atoms with Gasteiger partial charge in [0, 0.05) is 6.54 Å². The van der Waals surface area contributed by atoms with E-state index in [1.54, 1.807) is 12.1 Å². The molecule has 0 unspecified atom stereocenters. The molecule has 1 aromatic rings. The van der Waals surface area contributed by atoms with Crippen LogP contribution in [0.1, 0.15) is 6.92 Å². The standard InChI is InChI=1S/C13H19NO4S/c1-11(2)10-18-9-8-14-19(15,16)13-6-4-12(17-3)5-7-13/h4-7,14H,1,8-10H2,2-3H3. The lowest BCUT2D eigenvalue weighted by atomic mass is 10.3. The number of hydrogen-bond acceptors (Lipinski definition) is 4. The molecule has 5 nitrogen and oxygen atoms in total. The first-order chi connectivity index (χ1) is 8.95. The zero-order valence-corrected chi connectivity index (χ0v) is 12.0. The molecule has 0 saturated carbocycles. The maximum atomic E-state index is 11.9. The third-order valence-corrected chi connectivity index (χ3v) is 3.73. The molecule has 0 saturated heterocycles. The number of sulfonamides is 1. The molecule has 0 atom stereocenters. The summed E-state index contributed by atoms with van der Waals surface area (Å²) in [6, 6.07) is 6.20. The molecular formula is C13H19NO4S. The number of nitrogens with one attached hydrogen (secondary N) is 1. The largest absolute Gasteiger partial charge is 0.497 e. The van der Waals surface area contributed by atoms with Crippen LogP contribution in [-0.2, 0) is 14.8 Å². The zero-order chi connectivity index (χ0) is 14.3. The Morgan fingerprint density at radius 2 is 1.95 bits per heavy atom. The van der Waals surface area contributed by atoms with Crippen LogP contribution in [0.4, 0.5) is 0 Å². The van der Waals surface area contributed by atoms with Crippen molar-refractivity contribution >= 4 is 10.0 Å². The molecule has 1 N–H and O–H groups in total. The number of benzene rings is 1. The van der Waals surface area contributed by atoms with Gasteiger partial charge in [-0.05, 0) is 31.2 Å². The van der Waals surface area contributed by atoms with E-state index in [1.165, 1.54) is 19.2 Å². The number of methoxy groups -OCH3 is 1. The van der Waals surface area contributed by atoms with Gasteiger partial charge >= 0.3 is 0 Å². The molecule has 0 bridgehead atoms. The minimum absolute atomic E-state index is 0.202. The molecule has 1 aromatic carbocycles. The van der Waals surface area contributed by atoms with Crippen molar-refractivity contribution in [1.29, 1.82) is 0 Å². The molecule has 106 valence electrons. The monoisotopic (exact) mass is 285 g/mol. The zero-order valence-electron chi connectivity index (χ0n) is 11.2. The van der Waals surface area contributed by atoms with E-state index in [9.17, 15) is 8.42 Å².